The molecule has 0 heterocycles. The fraction of sp³-hybridized carbons (Fsp3) is 0.500. The number of hydrogen-bond donors (Lipinski definition) is 0. The third-order valence-corrected chi connectivity index (χ3v) is 1.66. The second-order valence-corrected chi connectivity index (χ2v) is 2.72. The summed E-state index contributed by atoms with van der Waals surface area (Å²) in [6, 6.07) is 0. The molecular weight excluding hydrogens is 126 g/mol. The molecule has 0 amide bonds. The molecule has 0 aromatic heterocycles. The molecule has 0 aromatic carbocycles. The Bertz CT molecular complexity index is 170. The van der Waals surface area contributed by atoms with Gasteiger partial charge in [0.05, 0.1) is 0 Å². The van der Waals surface area contributed by atoms with Crippen LogP contribution in [-0.2, 0) is 0 Å². The topological polar surface area (TPSA) is 26.3 Å². The predicted octanol–water partition coefficient (Wildman–Crippen LogP) is 1.90. The van der Waals surface area contributed by atoms with Crippen molar-refractivity contribution in [1.29, 1.82) is 0 Å². The van der Waals surface area contributed by atoms with Gasteiger partial charge in [0.1, 0.15) is 0 Å². The van der Waals surface area contributed by atoms with Crippen LogP contribution in [0.15, 0.2) is 23.9 Å². The van der Waals surface area contributed by atoms with Crippen LogP contribution in [0.1, 0.15) is 13.3 Å². The molecule has 0 bridgehead atoms. The van der Waals surface area contributed by atoms with Crippen LogP contribution in [-0.4, -0.2) is 12.1 Å². The molecule has 0 saturated heterocycles. The van der Waals surface area contributed by atoms with Gasteiger partial charge in [-0.25, -0.2) is 0 Å². The summed E-state index contributed by atoms with van der Waals surface area (Å²) >= 11 is 0. The SMILES string of the molecule is CC1C=CC=C(N(C)[O-])C1. The van der Waals surface area contributed by atoms with Crippen LogP contribution in [0.2, 0.25) is 0 Å². The van der Waals surface area contributed by atoms with Gasteiger partial charge in [0, 0.05) is 5.70 Å². The number of rotatable bonds is 1. The molecule has 1 atom stereocenters. The summed E-state index contributed by atoms with van der Waals surface area (Å²) in [7, 11) is 1.54. The molecule has 0 saturated carbocycles. The van der Waals surface area contributed by atoms with Crippen LogP contribution in [0.25, 0.3) is 0 Å². The summed E-state index contributed by atoms with van der Waals surface area (Å²) in [5.41, 5.74) is 0.870. The molecule has 1 aliphatic carbocycles. The van der Waals surface area contributed by atoms with Crippen molar-refractivity contribution in [2.45, 2.75) is 13.3 Å². The van der Waals surface area contributed by atoms with E-state index >= 15 is 0 Å². The largest absolute Gasteiger partial charge is 0.759 e. The van der Waals surface area contributed by atoms with Crippen molar-refractivity contribution in [3.8, 4) is 0 Å². The van der Waals surface area contributed by atoms with Gasteiger partial charge in [-0.2, -0.15) is 0 Å². The van der Waals surface area contributed by atoms with Gasteiger partial charge in [-0.3, -0.25) is 0 Å². The zero-order valence-electron chi connectivity index (χ0n) is 6.37. The third-order valence-electron chi connectivity index (χ3n) is 1.66. The van der Waals surface area contributed by atoms with Gasteiger partial charge in [-0.15, -0.1) is 0 Å². The van der Waals surface area contributed by atoms with E-state index in [0.29, 0.717) is 5.92 Å². The molecule has 0 radical (unpaired) electrons. The molecule has 0 spiro atoms. The first-order chi connectivity index (χ1) is 4.70. The Morgan fingerprint density at radius 1 is 1.70 bits per heavy atom. The Morgan fingerprint density at radius 2 is 2.40 bits per heavy atom. The monoisotopic (exact) mass is 138 g/mol. The Morgan fingerprint density at radius 3 is 2.80 bits per heavy atom. The first-order valence-corrected chi connectivity index (χ1v) is 3.48. The van der Waals surface area contributed by atoms with Crippen LogP contribution in [0.3, 0.4) is 0 Å². The van der Waals surface area contributed by atoms with Crippen molar-refractivity contribution in [2.75, 3.05) is 7.05 Å². The molecule has 1 rings (SSSR count). The minimum absolute atomic E-state index is 0.511. The van der Waals surface area contributed by atoms with E-state index in [1.807, 2.05) is 12.2 Å². The summed E-state index contributed by atoms with van der Waals surface area (Å²) in [5.74, 6) is 0.511. The van der Waals surface area contributed by atoms with E-state index < -0.39 is 0 Å². The Hall–Kier alpha value is -0.760. The molecule has 1 aliphatic rings. The Labute approximate surface area is 61.4 Å². The van der Waals surface area contributed by atoms with E-state index in [4.69, 9.17) is 0 Å². The first kappa shape index (κ1) is 7.35. The second-order valence-electron chi connectivity index (χ2n) is 2.72. The van der Waals surface area contributed by atoms with Crippen molar-refractivity contribution in [1.82, 2.24) is 5.06 Å². The van der Waals surface area contributed by atoms with E-state index in [9.17, 15) is 5.21 Å². The average molecular weight is 138 g/mol. The lowest BCUT2D eigenvalue weighted by Crippen LogP contribution is -2.12. The van der Waals surface area contributed by atoms with Crippen molar-refractivity contribution >= 4 is 0 Å². The first-order valence-electron chi connectivity index (χ1n) is 3.48. The molecule has 2 nitrogen and oxygen atoms in total. The van der Waals surface area contributed by atoms with Gasteiger partial charge in [-0.1, -0.05) is 19.1 Å². The quantitative estimate of drug-likeness (QED) is 0.517. The van der Waals surface area contributed by atoms with E-state index in [2.05, 4.69) is 13.0 Å². The van der Waals surface area contributed by atoms with Gasteiger partial charge < -0.3 is 10.3 Å². The molecule has 0 N–H and O–H groups in total. The maximum Gasteiger partial charge on any atom is 0.00292 e. The minimum Gasteiger partial charge on any atom is -0.759 e. The lowest BCUT2D eigenvalue weighted by Gasteiger charge is -2.30. The zero-order chi connectivity index (χ0) is 7.56. The normalized spacial score (nSPS) is 24.3. The number of nitrogens with zero attached hydrogens (tertiary/aromatic N) is 1. The molecule has 1 unspecified atom stereocenters. The van der Waals surface area contributed by atoms with E-state index in [0.717, 1.165) is 17.2 Å². The lowest BCUT2D eigenvalue weighted by atomic mass is 10.0. The van der Waals surface area contributed by atoms with E-state index in [-0.39, 0.29) is 0 Å². The zero-order valence-corrected chi connectivity index (χ0v) is 6.37. The summed E-state index contributed by atoms with van der Waals surface area (Å²) < 4.78 is 0. The van der Waals surface area contributed by atoms with Crippen LogP contribution in [0.4, 0.5) is 0 Å². The maximum absolute atomic E-state index is 10.8. The van der Waals surface area contributed by atoms with Gasteiger partial charge in [0.25, 0.3) is 0 Å². The van der Waals surface area contributed by atoms with E-state index in [1.54, 1.807) is 0 Å². The van der Waals surface area contributed by atoms with Crippen molar-refractivity contribution in [3.63, 3.8) is 0 Å². The summed E-state index contributed by atoms with van der Waals surface area (Å²) in [4.78, 5) is 0. The van der Waals surface area contributed by atoms with Crippen molar-refractivity contribution in [2.24, 2.45) is 5.92 Å². The molecule has 2 heteroatoms. The molecular formula is C8H12NO-. The molecule has 10 heavy (non-hydrogen) atoms. The second kappa shape index (κ2) is 2.88. The highest BCUT2D eigenvalue weighted by atomic mass is 16.5. The number of hydrogen-bond acceptors (Lipinski definition) is 2. The van der Waals surface area contributed by atoms with Crippen molar-refractivity contribution in [3.05, 3.63) is 29.1 Å². The molecule has 0 aromatic rings. The van der Waals surface area contributed by atoms with Gasteiger partial charge >= 0.3 is 0 Å². The molecule has 56 valence electrons. The van der Waals surface area contributed by atoms with E-state index in [1.165, 1.54) is 7.05 Å². The fourth-order valence-electron chi connectivity index (χ4n) is 1.06. The Kier molecular flexibility index (Phi) is 2.12. The van der Waals surface area contributed by atoms with Crippen LogP contribution in [0, 0.1) is 11.1 Å². The van der Waals surface area contributed by atoms with Crippen LogP contribution in [0.5, 0.6) is 0 Å². The average Bonchev–Trinajstić information content (AvgIpc) is 1.88. The summed E-state index contributed by atoms with van der Waals surface area (Å²) in [5, 5.41) is 11.7. The smallest absolute Gasteiger partial charge is 0.00292 e. The van der Waals surface area contributed by atoms with Gasteiger partial charge in [-0.05, 0) is 25.5 Å². The number of allylic oxidation sites excluding steroid dienone is 4. The summed E-state index contributed by atoms with van der Waals surface area (Å²) in [6.07, 6.45) is 6.79. The highest BCUT2D eigenvalue weighted by Crippen LogP contribution is 2.18. The third kappa shape index (κ3) is 1.61. The molecule has 0 fully saturated rings. The standard InChI is InChI=1S/C8H12NO/c1-7-4-3-5-8(6-7)9(2)10/h3-5,7H,6H2,1-2H3/q-1. The highest BCUT2D eigenvalue weighted by molar-refractivity contribution is 5.18. The molecule has 0 aliphatic heterocycles. The number of hydroxylamine groups is 2. The summed E-state index contributed by atoms with van der Waals surface area (Å²) in [6.45, 7) is 2.10. The Balaban J connectivity index is 2.61. The predicted molar refractivity (Wildman–Crippen MR) is 42.1 cm³/mol. The maximum atomic E-state index is 10.8. The highest BCUT2D eigenvalue weighted by Gasteiger charge is 2.04. The van der Waals surface area contributed by atoms with Crippen LogP contribution < -0.4 is 0 Å². The fourth-order valence-corrected chi connectivity index (χ4v) is 1.06. The minimum atomic E-state index is 0.511. The lowest BCUT2D eigenvalue weighted by molar-refractivity contribution is 0.505. The van der Waals surface area contributed by atoms with Gasteiger partial charge in [0.2, 0.25) is 0 Å². The van der Waals surface area contributed by atoms with Gasteiger partial charge in [0.15, 0.2) is 0 Å². The van der Waals surface area contributed by atoms with Crippen molar-refractivity contribution < 1.29 is 0 Å². The van der Waals surface area contributed by atoms with Crippen LogP contribution >= 0.6 is 0 Å².